The van der Waals surface area contributed by atoms with E-state index in [0.29, 0.717) is 17.8 Å². The van der Waals surface area contributed by atoms with Gasteiger partial charge >= 0.3 is 5.97 Å². The zero-order chi connectivity index (χ0) is 24.8. The largest absolute Gasteiger partial charge is 0.478 e. The molecule has 34 heavy (non-hydrogen) atoms. The van der Waals surface area contributed by atoms with Crippen molar-refractivity contribution in [2.75, 3.05) is 11.9 Å². The Morgan fingerprint density at radius 1 is 1.26 bits per heavy atom. The molecule has 0 bridgehead atoms. The van der Waals surface area contributed by atoms with Crippen molar-refractivity contribution in [1.29, 1.82) is 0 Å². The summed E-state index contributed by atoms with van der Waals surface area (Å²) in [4.78, 5) is 38.3. The molecular weight excluding hydrogens is 442 g/mol. The van der Waals surface area contributed by atoms with E-state index >= 15 is 0 Å². The number of amides is 1. The number of aromatic nitrogens is 1. The van der Waals surface area contributed by atoms with Crippen molar-refractivity contribution in [2.45, 2.75) is 46.1 Å². The van der Waals surface area contributed by atoms with E-state index < -0.39 is 16.8 Å². The molecule has 1 saturated carbocycles. The number of rotatable bonds is 9. The van der Waals surface area contributed by atoms with E-state index in [4.69, 9.17) is 14.6 Å². The van der Waals surface area contributed by atoms with Crippen LogP contribution in [0.3, 0.4) is 0 Å². The average Bonchev–Trinajstić information content (AvgIpc) is 2.77. The van der Waals surface area contributed by atoms with Crippen LogP contribution < -0.4 is 10.1 Å². The Bertz CT molecular complexity index is 1040. The maximum Gasteiger partial charge on any atom is 0.337 e. The number of nitrogens with one attached hydrogen (secondary N) is 1. The first-order valence-corrected chi connectivity index (χ1v) is 11.2. The van der Waals surface area contributed by atoms with Crippen molar-refractivity contribution < 1.29 is 29.1 Å². The summed E-state index contributed by atoms with van der Waals surface area (Å²) >= 11 is 0. The molecule has 0 saturated heterocycles. The van der Waals surface area contributed by atoms with E-state index in [9.17, 15) is 19.7 Å². The van der Waals surface area contributed by atoms with Gasteiger partial charge in [-0.1, -0.05) is 33.6 Å². The topological polar surface area (TPSA) is 141 Å². The van der Waals surface area contributed by atoms with Crippen LogP contribution in [0.25, 0.3) is 0 Å². The summed E-state index contributed by atoms with van der Waals surface area (Å²) in [6.07, 6.45) is 4.18. The first-order valence-electron chi connectivity index (χ1n) is 11.2. The first-order chi connectivity index (χ1) is 16.2. The molecule has 3 unspecified atom stereocenters. The van der Waals surface area contributed by atoms with Crippen molar-refractivity contribution >= 4 is 23.3 Å². The maximum absolute atomic E-state index is 12.6. The molecule has 1 aromatic carbocycles. The number of nitro groups is 1. The molecule has 3 atom stereocenters. The van der Waals surface area contributed by atoms with Crippen molar-refractivity contribution in [3.05, 3.63) is 52.2 Å². The number of ether oxygens (including phenoxy) is 2. The molecule has 10 nitrogen and oxygen atoms in total. The quantitative estimate of drug-likeness (QED) is 0.389. The molecule has 1 aliphatic carbocycles. The van der Waals surface area contributed by atoms with E-state index in [2.05, 4.69) is 31.1 Å². The van der Waals surface area contributed by atoms with Crippen LogP contribution in [0.2, 0.25) is 0 Å². The van der Waals surface area contributed by atoms with Crippen molar-refractivity contribution in [3.63, 3.8) is 0 Å². The molecule has 2 aromatic rings. The fourth-order valence-electron chi connectivity index (χ4n) is 4.57. The number of pyridine rings is 1. The molecule has 1 amide bonds. The van der Waals surface area contributed by atoms with Crippen molar-refractivity contribution in [2.24, 2.45) is 17.8 Å². The molecule has 1 aliphatic rings. The summed E-state index contributed by atoms with van der Waals surface area (Å²) in [5.41, 5.74) is -0.326. The number of benzene rings is 1. The van der Waals surface area contributed by atoms with E-state index in [0.717, 1.165) is 25.5 Å². The lowest BCUT2D eigenvalue weighted by atomic mass is 9.72. The SMILES string of the molecule is CC(C)C1C(C)CCCC1OCC(=O)Nc1cc(Oc2ccc(C(=O)O)cn2)ccc1[N+](=O)[O-]. The van der Waals surface area contributed by atoms with E-state index in [-0.39, 0.29) is 41.3 Å². The van der Waals surface area contributed by atoms with Gasteiger partial charge in [-0.3, -0.25) is 14.9 Å². The first kappa shape index (κ1) is 25.1. The van der Waals surface area contributed by atoms with Crippen LogP contribution in [0.15, 0.2) is 36.5 Å². The second-order valence-electron chi connectivity index (χ2n) is 8.86. The molecule has 0 aliphatic heterocycles. The number of carboxylic acids is 1. The van der Waals surface area contributed by atoms with Crippen LogP contribution in [0.1, 0.15) is 50.4 Å². The molecule has 0 radical (unpaired) electrons. The molecule has 0 spiro atoms. The van der Waals surface area contributed by atoms with E-state index in [1.807, 2.05) is 0 Å². The highest BCUT2D eigenvalue weighted by molar-refractivity contribution is 5.94. The monoisotopic (exact) mass is 471 g/mol. The van der Waals surface area contributed by atoms with Crippen LogP contribution in [-0.4, -0.2) is 39.6 Å². The highest BCUT2D eigenvalue weighted by Crippen LogP contribution is 2.37. The molecule has 10 heteroatoms. The number of hydrogen-bond acceptors (Lipinski definition) is 7. The fourth-order valence-corrected chi connectivity index (χ4v) is 4.57. The number of hydrogen-bond donors (Lipinski definition) is 2. The number of anilines is 1. The van der Waals surface area contributed by atoms with E-state index in [1.165, 1.54) is 30.3 Å². The third-order valence-electron chi connectivity index (χ3n) is 6.08. The van der Waals surface area contributed by atoms with Gasteiger partial charge in [0.2, 0.25) is 5.88 Å². The van der Waals surface area contributed by atoms with Gasteiger partial charge in [0.25, 0.3) is 11.6 Å². The zero-order valence-electron chi connectivity index (χ0n) is 19.4. The van der Waals surface area contributed by atoms with Gasteiger partial charge in [-0.2, -0.15) is 0 Å². The summed E-state index contributed by atoms with van der Waals surface area (Å²) in [7, 11) is 0. The summed E-state index contributed by atoms with van der Waals surface area (Å²) in [6.45, 7) is 6.31. The minimum Gasteiger partial charge on any atom is -0.478 e. The predicted octanol–water partition coefficient (Wildman–Crippen LogP) is 4.90. The Morgan fingerprint density at radius 3 is 2.65 bits per heavy atom. The number of nitro benzene ring substituents is 1. The van der Waals surface area contributed by atoms with E-state index in [1.54, 1.807) is 0 Å². The van der Waals surface area contributed by atoms with Gasteiger partial charge in [-0.25, -0.2) is 9.78 Å². The highest BCUT2D eigenvalue weighted by Gasteiger charge is 2.34. The lowest BCUT2D eigenvalue weighted by Crippen LogP contribution is -2.38. The summed E-state index contributed by atoms with van der Waals surface area (Å²) in [5.74, 6) is -0.0307. The minimum absolute atomic E-state index is 0.00364. The van der Waals surface area contributed by atoms with Crippen LogP contribution >= 0.6 is 0 Å². The summed E-state index contributed by atoms with van der Waals surface area (Å²) < 4.78 is 11.5. The number of carbonyl (C=O) groups excluding carboxylic acids is 1. The third kappa shape index (κ3) is 6.28. The minimum atomic E-state index is -1.12. The number of aromatic carboxylic acids is 1. The fraction of sp³-hybridized carbons (Fsp3) is 0.458. The molecular formula is C24H29N3O7. The van der Waals surface area contributed by atoms with Crippen LogP contribution in [0, 0.1) is 27.9 Å². The molecule has 1 fully saturated rings. The third-order valence-corrected chi connectivity index (χ3v) is 6.08. The van der Waals surface area contributed by atoms with Gasteiger partial charge in [0.1, 0.15) is 18.0 Å². The highest BCUT2D eigenvalue weighted by atomic mass is 16.6. The van der Waals surface area contributed by atoms with Gasteiger partial charge in [-0.05, 0) is 36.3 Å². The lowest BCUT2D eigenvalue weighted by Gasteiger charge is -2.38. The number of carbonyl (C=O) groups is 2. The standard InChI is InChI=1S/C24H29N3O7/c1-14(2)23-15(3)5-4-6-20(23)33-13-21(28)26-18-11-17(8-9-19(18)27(31)32)34-22-10-7-16(12-25-22)24(29)30/h7-12,14-15,20,23H,4-6,13H2,1-3H3,(H,26,28)(H,29,30). The molecule has 2 N–H and O–H groups in total. The molecule has 1 heterocycles. The van der Waals surface area contributed by atoms with Crippen molar-refractivity contribution in [3.8, 4) is 11.6 Å². The summed E-state index contributed by atoms with van der Waals surface area (Å²) in [6, 6.07) is 6.60. The molecule has 1 aromatic heterocycles. The number of nitrogens with zero attached hydrogens (tertiary/aromatic N) is 2. The van der Waals surface area contributed by atoms with Gasteiger partial charge < -0.3 is 19.9 Å². The maximum atomic E-state index is 12.6. The molecule has 3 rings (SSSR count). The van der Waals surface area contributed by atoms with Crippen LogP contribution in [0.5, 0.6) is 11.6 Å². The average molecular weight is 472 g/mol. The summed E-state index contributed by atoms with van der Waals surface area (Å²) in [5, 5.41) is 23.0. The van der Waals surface area contributed by atoms with Gasteiger partial charge in [0.15, 0.2) is 0 Å². The number of carboxylic acid groups (broad SMARTS) is 1. The van der Waals surface area contributed by atoms with Gasteiger partial charge in [0.05, 0.1) is 16.6 Å². The molecule has 182 valence electrons. The second-order valence-corrected chi connectivity index (χ2v) is 8.86. The lowest BCUT2D eigenvalue weighted by molar-refractivity contribution is -0.383. The second kappa shape index (κ2) is 11.1. The Hall–Kier alpha value is -3.53. The smallest absolute Gasteiger partial charge is 0.337 e. The Morgan fingerprint density at radius 2 is 2.03 bits per heavy atom. The Labute approximate surface area is 197 Å². The van der Waals surface area contributed by atoms with Crippen LogP contribution in [-0.2, 0) is 9.53 Å². The Balaban J connectivity index is 1.69. The zero-order valence-corrected chi connectivity index (χ0v) is 19.4. The normalized spacial score (nSPS) is 20.1. The van der Waals surface area contributed by atoms with Gasteiger partial charge in [-0.15, -0.1) is 0 Å². The van der Waals surface area contributed by atoms with Gasteiger partial charge in [0, 0.05) is 24.4 Å². The van der Waals surface area contributed by atoms with Crippen LogP contribution in [0.4, 0.5) is 11.4 Å². The predicted molar refractivity (Wildman–Crippen MR) is 124 cm³/mol. The Kier molecular flexibility index (Phi) is 8.17. The van der Waals surface area contributed by atoms with Crippen molar-refractivity contribution in [1.82, 2.24) is 4.98 Å².